The molecule has 0 atom stereocenters. The van der Waals surface area contributed by atoms with Crippen molar-refractivity contribution < 1.29 is 27.4 Å². The standard InChI is InChI=1S/C23H25ClF4N6O2/c24-18-12-16(30-22(29)31-18)19-15(13-34(32-19)21(27)28)11-14-3-1-2-4-17(14)36-10-9-33-7-5-23(35,6-8-33)20(25)26/h1-4,12-13,20-21,35H,5-11H2,(H2,29,30,31). The number of aliphatic hydroxyl groups is 1. The summed E-state index contributed by atoms with van der Waals surface area (Å²) >= 11 is 5.97. The summed E-state index contributed by atoms with van der Waals surface area (Å²) in [5.74, 6) is 0.443. The number of nitrogens with zero attached hydrogens (tertiary/aromatic N) is 5. The lowest BCUT2D eigenvalue weighted by Gasteiger charge is -2.37. The first-order valence-electron chi connectivity index (χ1n) is 11.2. The van der Waals surface area contributed by atoms with Crippen molar-refractivity contribution in [3.05, 3.63) is 52.8 Å². The highest BCUT2D eigenvalue weighted by molar-refractivity contribution is 6.29. The Kier molecular flexibility index (Phi) is 7.96. The summed E-state index contributed by atoms with van der Waals surface area (Å²) in [5.41, 5.74) is 5.35. The normalized spacial score (nSPS) is 16.1. The lowest BCUT2D eigenvalue weighted by atomic mass is 9.92. The van der Waals surface area contributed by atoms with E-state index in [9.17, 15) is 22.7 Å². The van der Waals surface area contributed by atoms with Crippen LogP contribution in [0.1, 0.15) is 30.5 Å². The molecule has 1 saturated heterocycles. The Morgan fingerprint density at radius 1 is 1.11 bits per heavy atom. The number of nitrogens with two attached hydrogens (primary N) is 1. The van der Waals surface area contributed by atoms with Crippen molar-refractivity contribution in [2.24, 2.45) is 0 Å². The van der Waals surface area contributed by atoms with Crippen LogP contribution in [-0.4, -0.2) is 68.0 Å². The van der Waals surface area contributed by atoms with E-state index in [1.165, 1.54) is 12.3 Å². The largest absolute Gasteiger partial charge is 0.492 e. The van der Waals surface area contributed by atoms with E-state index in [1.54, 1.807) is 18.2 Å². The van der Waals surface area contributed by atoms with Gasteiger partial charge in [-0.15, -0.1) is 0 Å². The molecule has 0 bridgehead atoms. The molecule has 0 aliphatic carbocycles. The predicted octanol–water partition coefficient (Wildman–Crippen LogP) is 4.03. The number of hydrogen-bond donors (Lipinski definition) is 2. The van der Waals surface area contributed by atoms with Crippen LogP contribution in [0.15, 0.2) is 36.5 Å². The molecule has 1 fully saturated rings. The highest BCUT2D eigenvalue weighted by atomic mass is 35.5. The third-order valence-corrected chi connectivity index (χ3v) is 6.30. The van der Waals surface area contributed by atoms with Crippen molar-refractivity contribution in [1.82, 2.24) is 24.6 Å². The van der Waals surface area contributed by atoms with Gasteiger partial charge in [-0.25, -0.2) is 23.4 Å². The van der Waals surface area contributed by atoms with E-state index in [2.05, 4.69) is 15.1 Å². The number of para-hydroxylation sites is 1. The average Bonchev–Trinajstić information content (AvgIpc) is 3.25. The van der Waals surface area contributed by atoms with Crippen molar-refractivity contribution in [2.45, 2.75) is 37.8 Å². The predicted molar refractivity (Wildman–Crippen MR) is 125 cm³/mol. The molecule has 1 aliphatic rings. The first-order valence-corrected chi connectivity index (χ1v) is 11.6. The van der Waals surface area contributed by atoms with Crippen LogP contribution in [0.25, 0.3) is 11.4 Å². The molecule has 8 nitrogen and oxygen atoms in total. The number of hydrogen-bond acceptors (Lipinski definition) is 7. The molecule has 1 aliphatic heterocycles. The van der Waals surface area contributed by atoms with Crippen molar-refractivity contribution in [1.29, 1.82) is 0 Å². The minimum absolute atomic E-state index is 0.00424. The molecule has 3 aromatic rings. The lowest BCUT2D eigenvalue weighted by molar-refractivity contribution is -0.126. The SMILES string of the molecule is Nc1nc(Cl)cc(-c2nn(C(F)F)cc2Cc2ccccc2OCCN2CCC(O)(C(F)F)CC2)n1. The van der Waals surface area contributed by atoms with E-state index in [4.69, 9.17) is 22.1 Å². The molecule has 1 aromatic carbocycles. The number of benzene rings is 1. The maximum absolute atomic E-state index is 13.4. The van der Waals surface area contributed by atoms with E-state index in [0.29, 0.717) is 35.6 Å². The highest BCUT2D eigenvalue weighted by Crippen LogP contribution is 2.31. The second-order valence-electron chi connectivity index (χ2n) is 8.57. The second kappa shape index (κ2) is 11.0. The monoisotopic (exact) mass is 528 g/mol. The van der Waals surface area contributed by atoms with Gasteiger partial charge in [0.2, 0.25) is 5.95 Å². The van der Waals surface area contributed by atoms with Gasteiger partial charge in [0.15, 0.2) is 0 Å². The maximum atomic E-state index is 13.4. The first-order chi connectivity index (χ1) is 17.1. The van der Waals surface area contributed by atoms with Gasteiger partial charge in [-0.1, -0.05) is 29.8 Å². The number of anilines is 1. The third-order valence-electron chi connectivity index (χ3n) is 6.11. The Labute approximate surface area is 209 Å². The van der Waals surface area contributed by atoms with E-state index >= 15 is 0 Å². The summed E-state index contributed by atoms with van der Waals surface area (Å²) in [5, 5.41) is 14.0. The number of ether oxygens (including phenoxy) is 1. The van der Waals surface area contributed by atoms with Crippen LogP contribution in [0.3, 0.4) is 0 Å². The lowest BCUT2D eigenvalue weighted by Crippen LogP contribution is -2.49. The van der Waals surface area contributed by atoms with Crippen molar-refractivity contribution in [2.75, 3.05) is 32.0 Å². The van der Waals surface area contributed by atoms with Crippen molar-refractivity contribution in [3.8, 4) is 17.1 Å². The summed E-state index contributed by atoms with van der Waals surface area (Å²) in [6, 6.07) is 8.56. The fourth-order valence-corrected chi connectivity index (χ4v) is 4.28. The molecule has 3 N–H and O–H groups in total. The molecular weight excluding hydrogens is 504 g/mol. The average molecular weight is 529 g/mol. The Hall–Kier alpha value is -2.96. The minimum Gasteiger partial charge on any atom is -0.492 e. The Morgan fingerprint density at radius 2 is 1.83 bits per heavy atom. The number of piperidine rings is 1. The molecular formula is C23H25ClF4N6O2. The van der Waals surface area contributed by atoms with Crippen LogP contribution in [0, 0.1) is 0 Å². The number of alkyl halides is 4. The van der Waals surface area contributed by atoms with Crippen LogP contribution in [0.4, 0.5) is 23.5 Å². The van der Waals surface area contributed by atoms with Gasteiger partial charge >= 0.3 is 6.55 Å². The summed E-state index contributed by atoms with van der Waals surface area (Å²) in [4.78, 5) is 9.83. The maximum Gasteiger partial charge on any atom is 0.333 e. The van der Waals surface area contributed by atoms with Crippen molar-refractivity contribution >= 4 is 17.5 Å². The molecule has 0 amide bonds. The summed E-state index contributed by atoms with van der Waals surface area (Å²) in [7, 11) is 0. The van der Waals surface area contributed by atoms with Gasteiger partial charge in [-0.2, -0.15) is 13.9 Å². The summed E-state index contributed by atoms with van der Waals surface area (Å²) in [6.07, 6.45) is -1.33. The van der Waals surface area contributed by atoms with Crippen LogP contribution in [0.2, 0.25) is 5.15 Å². The van der Waals surface area contributed by atoms with Crippen LogP contribution >= 0.6 is 11.6 Å². The quantitative estimate of drug-likeness (QED) is 0.319. The summed E-state index contributed by atoms with van der Waals surface area (Å²) < 4.78 is 59.3. The molecule has 13 heteroatoms. The fourth-order valence-electron chi connectivity index (χ4n) is 4.09. The van der Waals surface area contributed by atoms with Crippen LogP contribution in [-0.2, 0) is 6.42 Å². The molecule has 0 saturated carbocycles. The number of rotatable bonds is 9. The van der Waals surface area contributed by atoms with E-state index in [-0.39, 0.29) is 48.4 Å². The Balaban J connectivity index is 1.47. The van der Waals surface area contributed by atoms with Gasteiger partial charge in [0.05, 0.1) is 5.69 Å². The van der Waals surface area contributed by atoms with Crippen LogP contribution < -0.4 is 10.5 Å². The summed E-state index contributed by atoms with van der Waals surface area (Å²) in [6.45, 7) is -1.41. The number of likely N-dealkylation sites (tertiary alicyclic amines) is 1. The zero-order valence-electron chi connectivity index (χ0n) is 19.1. The molecule has 194 valence electrons. The van der Waals surface area contributed by atoms with Gasteiger partial charge in [0.25, 0.3) is 6.43 Å². The van der Waals surface area contributed by atoms with E-state index in [0.717, 1.165) is 5.56 Å². The van der Waals surface area contributed by atoms with Crippen LogP contribution in [0.5, 0.6) is 5.75 Å². The Bertz CT molecular complexity index is 1170. The van der Waals surface area contributed by atoms with Crippen molar-refractivity contribution in [3.63, 3.8) is 0 Å². The number of halogens is 5. The smallest absolute Gasteiger partial charge is 0.333 e. The molecule has 0 spiro atoms. The van der Waals surface area contributed by atoms with E-state index in [1.807, 2.05) is 11.0 Å². The molecule has 0 unspecified atom stereocenters. The van der Waals surface area contributed by atoms with Gasteiger partial charge in [0, 0.05) is 43.9 Å². The molecule has 36 heavy (non-hydrogen) atoms. The van der Waals surface area contributed by atoms with Gasteiger partial charge in [0.1, 0.15) is 28.8 Å². The van der Waals surface area contributed by atoms with Gasteiger partial charge in [-0.3, -0.25) is 4.90 Å². The van der Waals surface area contributed by atoms with Gasteiger partial charge in [-0.05, 0) is 24.5 Å². The third kappa shape index (κ3) is 6.05. The first kappa shape index (κ1) is 26.1. The zero-order valence-corrected chi connectivity index (χ0v) is 19.9. The zero-order chi connectivity index (χ0) is 25.9. The van der Waals surface area contributed by atoms with E-state index < -0.39 is 18.6 Å². The number of aromatic nitrogens is 4. The highest BCUT2D eigenvalue weighted by Gasteiger charge is 2.40. The fraction of sp³-hybridized carbons (Fsp3) is 0.435. The Morgan fingerprint density at radius 3 is 2.50 bits per heavy atom. The molecule has 4 rings (SSSR count). The number of nitrogen functional groups attached to an aromatic ring is 1. The minimum atomic E-state index is -2.86. The molecule has 3 heterocycles. The second-order valence-corrected chi connectivity index (χ2v) is 8.96. The molecule has 2 aromatic heterocycles. The molecule has 0 radical (unpaired) electrons. The topological polar surface area (TPSA) is 102 Å². The van der Waals surface area contributed by atoms with Gasteiger partial charge < -0.3 is 15.6 Å².